The van der Waals surface area contributed by atoms with Gasteiger partial charge in [0.05, 0.1) is 4.90 Å². The SMILES string of the molecule is CC(C)(C)c1ccc(NC(=O)c2ccc(CS(=O)(=O)c3ccccc3)o2)cc1. The number of amides is 1. The van der Waals surface area contributed by atoms with E-state index in [1.807, 2.05) is 24.3 Å². The number of benzene rings is 2. The van der Waals surface area contributed by atoms with Crippen LogP contribution in [0.3, 0.4) is 0 Å². The Balaban J connectivity index is 1.69. The second kappa shape index (κ2) is 7.64. The van der Waals surface area contributed by atoms with Crippen LogP contribution in [0, 0.1) is 0 Å². The number of carbonyl (C=O) groups excluding carboxylic acids is 1. The fraction of sp³-hybridized carbons (Fsp3) is 0.227. The zero-order chi connectivity index (χ0) is 20.4. The van der Waals surface area contributed by atoms with Crippen LogP contribution in [0.2, 0.25) is 0 Å². The number of hydrogen-bond acceptors (Lipinski definition) is 4. The summed E-state index contributed by atoms with van der Waals surface area (Å²) in [5.41, 5.74) is 1.84. The quantitative estimate of drug-likeness (QED) is 0.671. The molecule has 2 aromatic carbocycles. The predicted octanol–water partition coefficient (Wildman–Crippen LogP) is 4.80. The average Bonchev–Trinajstić information content (AvgIpc) is 3.10. The van der Waals surface area contributed by atoms with Gasteiger partial charge in [-0.25, -0.2) is 8.42 Å². The van der Waals surface area contributed by atoms with E-state index in [4.69, 9.17) is 4.42 Å². The summed E-state index contributed by atoms with van der Waals surface area (Å²) in [4.78, 5) is 12.6. The number of carbonyl (C=O) groups is 1. The molecule has 0 aliphatic rings. The lowest BCUT2D eigenvalue weighted by atomic mass is 9.87. The Morgan fingerprint density at radius 3 is 2.18 bits per heavy atom. The second-order valence-electron chi connectivity index (χ2n) is 7.62. The molecule has 0 saturated carbocycles. The number of nitrogens with one attached hydrogen (secondary N) is 1. The molecule has 0 spiro atoms. The lowest BCUT2D eigenvalue weighted by molar-refractivity contribution is 0.0995. The Bertz CT molecular complexity index is 1060. The Kier molecular flexibility index (Phi) is 5.42. The molecule has 3 rings (SSSR count). The number of anilines is 1. The highest BCUT2D eigenvalue weighted by atomic mass is 32.2. The molecule has 5 nitrogen and oxygen atoms in total. The number of furan rings is 1. The van der Waals surface area contributed by atoms with E-state index in [1.54, 1.807) is 18.2 Å². The van der Waals surface area contributed by atoms with E-state index in [-0.39, 0.29) is 27.6 Å². The molecule has 0 aliphatic carbocycles. The zero-order valence-electron chi connectivity index (χ0n) is 16.1. The molecule has 1 amide bonds. The van der Waals surface area contributed by atoms with Crippen LogP contribution in [0.25, 0.3) is 0 Å². The van der Waals surface area contributed by atoms with Crippen molar-refractivity contribution in [3.05, 3.63) is 83.8 Å². The Hall–Kier alpha value is -2.86. The highest BCUT2D eigenvalue weighted by molar-refractivity contribution is 7.90. The maximum atomic E-state index is 12.4. The summed E-state index contributed by atoms with van der Waals surface area (Å²) in [6.07, 6.45) is 0. The number of sulfone groups is 1. The fourth-order valence-corrected chi connectivity index (χ4v) is 3.99. The van der Waals surface area contributed by atoms with Gasteiger partial charge in [0, 0.05) is 5.69 Å². The highest BCUT2D eigenvalue weighted by Crippen LogP contribution is 2.24. The van der Waals surface area contributed by atoms with Gasteiger partial charge < -0.3 is 9.73 Å². The summed E-state index contributed by atoms with van der Waals surface area (Å²) in [5.74, 6) is -0.438. The van der Waals surface area contributed by atoms with Crippen molar-refractivity contribution in [2.24, 2.45) is 0 Å². The summed E-state index contributed by atoms with van der Waals surface area (Å²) >= 11 is 0. The van der Waals surface area contributed by atoms with Crippen LogP contribution < -0.4 is 5.32 Å². The van der Waals surface area contributed by atoms with Gasteiger partial charge in [0.15, 0.2) is 15.6 Å². The summed E-state index contributed by atoms with van der Waals surface area (Å²) in [6, 6.07) is 18.8. The molecule has 1 heterocycles. The van der Waals surface area contributed by atoms with E-state index >= 15 is 0 Å². The molecular formula is C22H23NO4S. The average molecular weight is 397 g/mol. The van der Waals surface area contributed by atoms with Gasteiger partial charge in [0.2, 0.25) is 0 Å². The van der Waals surface area contributed by atoms with E-state index < -0.39 is 15.7 Å². The summed E-state index contributed by atoms with van der Waals surface area (Å²) < 4.78 is 30.3. The second-order valence-corrected chi connectivity index (χ2v) is 9.61. The smallest absolute Gasteiger partial charge is 0.291 e. The Morgan fingerprint density at radius 2 is 1.57 bits per heavy atom. The largest absolute Gasteiger partial charge is 0.455 e. The van der Waals surface area contributed by atoms with Gasteiger partial charge in [0.25, 0.3) is 5.91 Å². The molecule has 146 valence electrons. The minimum atomic E-state index is -3.53. The van der Waals surface area contributed by atoms with Crippen LogP contribution >= 0.6 is 0 Å². The maximum absolute atomic E-state index is 12.4. The standard InChI is InChI=1S/C22H23NO4S/c1-22(2,3)16-9-11-17(12-10-16)23-21(24)20-14-13-18(27-20)15-28(25,26)19-7-5-4-6-8-19/h4-14H,15H2,1-3H3,(H,23,24). The van der Waals surface area contributed by atoms with Gasteiger partial charge >= 0.3 is 0 Å². The van der Waals surface area contributed by atoms with Gasteiger partial charge in [-0.1, -0.05) is 51.1 Å². The zero-order valence-corrected chi connectivity index (χ0v) is 16.9. The van der Waals surface area contributed by atoms with Crippen LogP contribution in [0.1, 0.15) is 42.6 Å². The third kappa shape index (κ3) is 4.70. The molecule has 0 radical (unpaired) electrons. The Morgan fingerprint density at radius 1 is 0.929 bits per heavy atom. The van der Waals surface area contributed by atoms with Crippen molar-refractivity contribution in [1.29, 1.82) is 0 Å². The molecule has 0 unspecified atom stereocenters. The highest BCUT2D eigenvalue weighted by Gasteiger charge is 2.19. The Labute approximate surface area is 165 Å². The van der Waals surface area contributed by atoms with E-state index in [1.165, 1.54) is 24.3 Å². The maximum Gasteiger partial charge on any atom is 0.291 e. The third-order valence-electron chi connectivity index (χ3n) is 4.33. The molecule has 0 atom stereocenters. The first-order valence-corrected chi connectivity index (χ1v) is 10.6. The number of rotatable bonds is 5. The predicted molar refractivity (Wildman–Crippen MR) is 109 cm³/mol. The van der Waals surface area contributed by atoms with Gasteiger partial charge in [-0.05, 0) is 47.4 Å². The molecule has 6 heteroatoms. The van der Waals surface area contributed by atoms with E-state index in [9.17, 15) is 13.2 Å². The van der Waals surface area contributed by atoms with Crippen LogP contribution in [0.15, 0.2) is 76.0 Å². The van der Waals surface area contributed by atoms with Crippen molar-refractivity contribution in [3.63, 3.8) is 0 Å². The van der Waals surface area contributed by atoms with Crippen molar-refractivity contribution in [1.82, 2.24) is 0 Å². The van der Waals surface area contributed by atoms with E-state index in [2.05, 4.69) is 26.1 Å². The molecule has 0 aliphatic heterocycles. The lowest BCUT2D eigenvalue weighted by Gasteiger charge is -2.19. The molecular weight excluding hydrogens is 374 g/mol. The normalized spacial score (nSPS) is 12.0. The first-order chi connectivity index (χ1) is 13.1. The van der Waals surface area contributed by atoms with Crippen molar-refractivity contribution in [2.75, 3.05) is 5.32 Å². The summed E-state index contributed by atoms with van der Waals surface area (Å²) in [6.45, 7) is 6.36. The minimum Gasteiger partial charge on any atom is -0.455 e. The molecule has 28 heavy (non-hydrogen) atoms. The molecule has 1 N–H and O–H groups in total. The monoisotopic (exact) mass is 397 g/mol. The van der Waals surface area contributed by atoms with Gasteiger partial charge in [-0.3, -0.25) is 4.79 Å². The minimum absolute atomic E-state index is 0.0305. The first kappa shape index (κ1) is 19.9. The summed E-state index contributed by atoms with van der Waals surface area (Å²) in [5, 5.41) is 2.76. The molecule has 0 fully saturated rings. The van der Waals surface area contributed by atoms with Gasteiger partial charge in [0.1, 0.15) is 11.5 Å². The molecule has 3 aromatic rings. The van der Waals surface area contributed by atoms with Crippen LogP contribution in [0.5, 0.6) is 0 Å². The fourth-order valence-electron chi connectivity index (χ4n) is 2.72. The van der Waals surface area contributed by atoms with E-state index in [0.717, 1.165) is 5.56 Å². The molecule has 1 aromatic heterocycles. The number of hydrogen-bond donors (Lipinski definition) is 1. The first-order valence-electron chi connectivity index (χ1n) is 8.93. The van der Waals surface area contributed by atoms with Gasteiger partial charge in [-0.2, -0.15) is 0 Å². The van der Waals surface area contributed by atoms with Crippen LogP contribution in [0.4, 0.5) is 5.69 Å². The molecule has 0 bridgehead atoms. The van der Waals surface area contributed by atoms with Crippen molar-refractivity contribution in [3.8, 4) is 0 Å². The van der Waals surface area contributed by atoms with Crippen LogP contribution in [-0.2, 0) is 21.0 Å². The van der Waals surface area contributed by atoms with Crippen molar-refractivity contribution < 1.29 is 17.6 Å². The van der Waals surface area contributed by atoms with Crippen molar-refractivity contribution >= 4 is 21.4 Å². The van der Waals surface area contributed by atoms with Crippen LogP contribution in [-0.4, -0.2) is 14.3 Å². The molecule has 0 saturated heterocycles. The topological polar surface area (TPSA) is 76.4 Å². The van der Waals surface area contributed by atoms with Gasteiger partial charge in [-0.15, -0.1) is 0 Å². The van der Waals surface area contributed by atoms with Crippen molar-refractivity contribution in [2.45, 2.75) is 36.8 Å². The third-order valence-corrected chi connectivity index (χ3v) is 5.98. The van der Waals surface area contributed by atoms with E-state index in [0.29, 0.717) is 5.69 Å². The lowest BCUT2D eigenvalue weighted by Crippen LogP contribution is -2.13. The summed E-state index contributed by atoms with van der Waals surface area (Å²) in [7, 11) is -3.53.